The lowest BCUT2D eigenvalue weighted by molar-refractivity contribution is 0.536. The second kappa shape index (κ2) is 7.22. The number of hydrogen-bond donors (Lipinski definition) is 1. The first-order chi connectivity index (χ1) is 9.20. The number of halogens is 1. The summed E-state index contributed by atoms with van der Waals surface area (Å²) in [6.07, 6.45) is 2.22. The predicted octanol–water partition coefficient (Wildman–Crippen LogP) is 5.10. The highest BCUT2D eigenvalue weighted by atomic mass is 79.9. The molecule has 0 radical (unpaired) electrons. The Balaban J connectivity index is 2.16. The van der Waals surface area contributed by atoms with Gasteiger partial charge in [0.1, 0.15) is 0 Å². The van der Waals surface area contributed by atoms with E-state index in [0.717, 1.165) is 19.4 Å². The van der Waals surface area contributed by atoms with Crippen molar-refractivity contribution in [2.24, 2.45) is 0 Å². The van der Waals surface area contributed by atoms with Crippen molar-refractivity contribution in [3.8, 4) is 0 Å². The number of thiophene rings is 1. The van der Waals surface area contributed by atoms with E-state index in [2.05, 4.69) is 71.5 Å². The van der Waals surface area contributed by atoms with Crippen molar-refractivity contribution in [1.82, 2.24) is 5.32 Å². The van der Waals surface area contributed by atoms with Crippen LogP contribution in [0.4, 0.5) is 0 Å². The molecule has 3 heteroatoms. The molecule has 0 aliphatic heterocycles. The zero-order valence-electron chi connectivity index (χ0n) is 11.4. The minimum absolute atomic E-state index is 0.414. The number of hydrogen-bond acceptors (Lipinski definition) is 2. The molecule has 1 aromatic carbocycles. The summed E-state index contributed by atoms with van der Waals surface area (Å²) >= 11 is 5.38. The summed E-state index contributed by atoms with van der Waals surface area (Å²) in [5, 5.41) is 3.66. The van der Waals surface area contributed by atoms with Gasteiger partial charge in [0, 0.05) is 10.9 Å². The molecule has 1 N–H and O–H groups in total. The maximum absolute atomic E-state index is 3.66. The Hall–Kier alpha value is -0.640. The fourth-order valence-corrected chi connectivity index (χ4v) is 3.67. The number of benzene rings is 1. The first kappa shape index (κ1) is 14.8. The minimum atomic E-state index is 0.414. The van der Waals surface area contributed by atoms with Gasteiger partial charge < -0.3 is 5.32 Å². The monoisotopic (exact) mass is 337 g/mol. The van der Waals surface area contributed by atoms with E-state index in [9.17, 15) is 0 Å². The van der Waals surface area contributed by atoms with E-state index in [1.54, 1.807) is 0 Å². The van der Waals surface area contributed by atoms with Gasteiger partial charge in [0.05, 0.1) is 3.79 Å². The molecule has 0 spiro atoms. The van der Waals surface area contributed by atoms with Crippen LogP contribution in [0.25, 0.3) is 0 Å². The van der Waals surface area contributed by atoms with Crippen LogP contribution >= 0.6 is 27.3 Å². The highest BCUT2D eigenvalue weighted by molar-refractivity contribution is 9.11. The molecule has 1 aromatic heterocycles. The molecular weight excluding hydrogens is 318 g/mol. The van der Waals surface area contributed by atoms with Gasteiger partial charge >= 0.3 is 0 Å². The van der Waals surface area contributed by atoms with Crippen molar-refractivity contribution in [3.05, 3.63) is 56.2 Å². The molecule has 0 aliphatic rings. The largest absolute Gasteiger partial charge is 0.309 e. The second-order valence-electron chi connectivity index (χ2n) is 4.78. The van der Waals surface area contributed by atoms with Crippen LogP contribution < -0.4 is 5.32 Å². The van der Waals surface area contributed by atoms with Gasteiger partial charge in [-0.3, -0.25) is 0 Å². The van der Waals surface area contributed by atoms with Gasteiger partial charge in [0.2, 0.25) is 0 Å². The average molecular weight is 338 g/mol. The third-order valence-corrected chi connectivity index (χ3v) is 5.00. The molecule has 0 aliphatic carbocycles. The van der Waals surface area contributed by atoms with Crippen molar-refractivity contribution in [2.75, 3.05) is 6.54 Å². The third kappa shape index (κ3) is 4.16. The van der Waals surface area contributed by atoms with E-state index in [4.69, 9.17) is 0 Å². The summed E-state index contributed by atoms with van der Waals surface area (Å²) in [4.78, 5) is 1.41. The summed E-state index contributed by atoms with van der Waals surface area (Å²) in [6.45, 7) is 5.46. The van der Waals surface area contributed by atoms with Gasteiger partial charge in [-0.05, 0) is 65.5 Å². The van der Waals surface area contributed by atoms with Crippen LogP contribution in [0.5, 0.6) is 0 Å². The number of rotatable bonds is 6. The summed E-state index contributed by atoms with van der Waals surface area (Å²) in [5.41, 5.74) is 2.81. The van der Waals surface area contributed by atoms with Gasteiger partial charge in [0.15, 0.2) is 0 Å². The molecule has 0 fully saturated rings. The summed E-state index contributed by atoms with van der Waals surface area (Å²) in [6, 6.07) is 13.4. The molecule has 1 heterocycles. The van der Waals surface area contributed by atoms with Crippen molar-refractivity contribution >= 4 is 27.3 Å². The standard InChI is InChI=1S/C16H20BrNS/c1-3-10-18-14(15-8-9-16(17)19-15)11-13-7-5-4-6-12(13)2/h4-9,14,18H,3,10-11H2,1-2H3. The van der Waals surface area contributed by atoms with Crippen LogP contribution in [0.1, 0.15) is 35.4 Å². The number of aryl methyl sites for hydroxylation is 1. The van der Waals surface area contributed by atoms with E-state index in [0.29, 0.717) is 6.04 Å². The molecule has 0 amide bonds. The Morgan fingerprint density at radius 2 is 2.00 bits per heavy atom. The zero-order chi connectivity index (χ0) is 13.7. The molecule has 102 valence electrons. The van der Waals surface area contributed by atoms with Crippen LogP contribution in [0.3, 0.4) is 0 Å². The predicted molar refractivity (Wildman–Crippen MR) is 87.9 cm³/mol. The molecule has 0 bridgehead atoms. The Kier molecular flexibility index (Phi) is 5.61. The summed E-state index contributed by atoms with van der Waals surface area (Å²) in [7, 11) is 0. The van der Waals surface area contributed by atoms with Crippen LogP contribution in [0, 0.1) is 6.92 Å². The molecule has 1 atom stereocenters. The van der Waals surface area contributed by atoms with Crippen LogP contribution in [0.2, 0.25) is 0 Å². The first-order valence-corrected chi connectivity index (χ1v) is 8.34. The highest BCUT2D eigenvalue weighted by Gasteiger charge is 2.14. The average Bonchev–Trinajstić information content (AvgIpc) is 2.83. The summed E-state index contributed by atoms with van der Waals surface area (Å²) < 4.78 is 1.20. The van der Waals surface area contributed by atoms with Gasteiger partial charge in [-0.1, -0.05) is 31.2 Å². The summed E-state index contributed by atoms with van der Waals surface area (Å²) in [5.74, 6) is 0. The quantitative estimate of drug-likeness (QED) is 0.772. The smallest absolute Gasteiger partial charge is 0.0701 e. The van der Waals surface area contributed by atoms with Crippen LogP contribution in [0.15, 0.2) is 40.2 Å². The molecule has 2 aromatic rings. The topological polar surface area (TPSA) is 12.0 Å². The van der Waals surface area contributed by atoms with Crippen molar-refractivity contribution in [3.63, 3.8) is 0 Å². The zero-order valence-corrected chi connectivity index (χ0v) is 13.9. The van der Waals surface area contributed by atoms with Crippen molar-refractivity contribution in [2.45, 2.75) is 32.7 Å². The highest BCUT2D eigenvalue weighted by Crippen LogP contribution is 2.29. The molecule has 1 unspecified atom stereocenters. The van der Waals surface area contributed by atoms with E-state index < -0.39 is 0 Å². The minimum Gasteiger partial charge on any atom is -0.309 e. The second-order valence-corrected chi connectivity index (χ2v) is 7.27. The van der Waals surface area contributed by atoms with Gasteiger partial charge in [-0.25, -0.2) is 0 Å². The van der Waals surface area contributed by atoms with Gasteiger partial charge in [-0.15, -0.1) is 11.3 Å². The Morgan fingerprint density at radius 1 is 1.21 bits per heavy atom. The SMILES string of the molecule is CCCNC(Cc1ccccc1C)c1ccc(Br)s1. The van der Waals surface area contributed by atoms with Crippen LogP contribution in [-0.2, 0) is 6.42 Å². The Bertz CT molecular complexity index is 521. The molecule has 19 heavy (non-hydrogen) atoms. The molecule has 0 saturated carbocycles. The Labute approximate surface area is 128 Å². The van der Waals surface area contributed by atoms with E-state index in [1.165, 1.54) is 19.8 Å². The number of nitrogens with one attached hydrogen (secondary N) is 1. The van der Waals surface area contributed by atoms with E-state index in [-0.39, 0.29) is 0 Å². The maximum atomic E-state index is 3.66. The van der Waals surface area contributed by atoms with Crippen LogP contribution in [-0.4, -0.2) is 6.54 Å². The molecule has 0 saturated heterocycles. The lowest BCUT2D eigenvalue weighted by Gasteiger charge is -2.18. The third-order valence-electron chi connectivity index (χ3n) is 3.26. The normalized spacial score (nSPS) is 12.6. The van der Waals surface area contributed by atoms with Gasteiger partial charge in [0.25, 0.3) is 0 Å². The van der Waals surface area contributed by atoms with Crippen molar-refractivity contribution in [1.29, 1.82) is 0 Å². The van der Waals surface area contributed by atoms with Crippen molar-refractivity contribution < 1.29 is 0 Å². The fraction of sp³-hybridized carbons (Fsp3) is 0.375. The lowest BCUT2D eigenvalue weighted by atomic mass is 10.00. The van der Waals surface area contributed by atoms with E-state index in [1.807, 2.05) is 11.3 Å². The van der Waals surface area contributed by atoms with E-state index >= 15 is 0 Å². The molecule has 2 rings (SSSR count). The molecule has 1 nitrogen and oxygen atoms in total. The fourth-order valence-electron chi connectivity index (χ4n) is 2.17. The Morgan fingerprint density at radius 3 is 2.63 bits per heavy atom. The first-order valence-electron chi connectivity index (χ1n) is 6.74. The maximum Gasteiger partial charge on any atom is 0.0701 e. The lowest BCUT2D eigenvalue weighted by Crippen LogP contribution is -2.23. The van der Waals surface area contributed by atoms with Gasteiger partial charge in [-0.2, -0.15) is 0 Å². The molecular formula is C16H20BrNS.